The molecule has 106 valence electrons. The Labute approximate surface area is 123 Å². The summed E-state index contributed by atoms with van der Waals surface area (Å²) in [5.41, 5.74) is 3.13. The zero-order valence-corrected chi connectivity index (χ0v) is 12.1. The normalized spacial score (nSPS) is 15.0. The Morgan fingerprint density at radius 1 is 1.05 bits per heavy atom. The molecular formula is C17H18N4. The third-order valence-corrected chi connectivity index (χ3v) is 4.04. The molecule has 4 rings (SSSR count). The summed E-state index contributed by atoms with van der Waals surface area (Å²) in [6, 6.07) is 12.3. The minimum Gasteiger partial charge on any atom is -0.356 e. The molecule has 4 nitrogen and oxygen atoms in total. The molecule has 0 aliphatic carbocycles. The third kappa shape index (κ3) is 2.17. The molecule has 0 radical (unpaired) electrons. The molecule has 1 aliphatic rings. The minimum atomic E-state index is 0.798. The van der Waals surface area contributed by atoms with E-state index in [4.69, 9.17) is 9.97 Å². The molecule has 0 saturated carbocycles. The van der Waals surface area contributed by atoms with Gasteiger partial charge in [-0.2, -0.15) is 0 Å². The highest BCUT2D eigenvalue weighted by Gasteiger charge is 2.19. The molecule has 0 spiro atoms. The van der Waals surface area contributed by atoms with E-state index in [0.717, 1.165) is 47.0 Å². The van der Waals surface area contributed by atoms with Crippen molar-refractivity contribution < 1.29 is 0 Å². The van der Waals surface area contributed by atoms with E-state index in [-0.39, 0.29) is 0 Å². The van der Waals surface area contributed by atoms with Crippen LogP contribution >= 0.6 is 0 Å². The van der Waals surface area contributed by atoms with Crippen molar-refractivity contribution in [2.24, 2.45) is 0 Å². The number of nitrogens with zero attached hydrogens (tertiary/aromatic N) is 3. The van der Waals surface area contributed by atoms with Crippen LogP contribution in [0.15, 0.2) is 36.4 Å². The minimum absolute atomic E-state index is 0.798. The van der Waals surface area contributed by atoms with Gasteiger partial charge in [0.05, 0.1) is 5.39 Å². The number of anilines is 1. The summed E-state index contributed by atoms with van der Waals surface area (Å²) in [5.74, 6) is 1.87. The van der Waals surface area contributed by atoms with Crippen LogP contribution in [0.25, 0.3) is 22.4 Å². The monoisotopic (exact) mass is 278 g/mol. The van der Waals surface area contributed by atoms with Gasteiger partial charge < -0.3 is 9.88 Å². The van der Waals surface area contributed by atoms with Crippen LogP contribution in [0.1, 0.15) is 18.5 Å². The molecule has 0 bridgehead atoms. The summed E-state index contributed by atoms with van der Waals surface area (Å²) >= 11 is 0. The topological polar surface area (TPSA) is 44.8 Å². The van der Waals surface area contributed by atoms with Gasteiger partial charge in [-0.25, -0.2) is 9.97 Å². The molecule has 1 fully saturated rings. The number of benzene rings is 1. The first-order chi connectivity index (χ1) is 10.3. The van der Waals surface area contributed by atoms with Crippen molar-refractivity contribution in [3.05, 3.63) is 42.1 Å². The molecule has 0 amide bonds. The number of aryl methyl sites for hydroxylation is 1. The fraction of sp³-hybridized carbons (Fsp3) is 0.294. The molecule has 1 aliphatic heterocycles. The summed E-state index contributed by atoms with van der Waals surface area (Å²) in [7, 11) is 0. The molecule has 3 aromatic rings. The largest absolute Gasteiger partial charge is 0.356 e. The van der Waals surface area contributed by atoms with Crippen molar-refractivity contribution in [1.82, 2.24) is 15.0 Å². The summed E-state index contributed by atoms with van der Waals surface area (Å²) in [4.78, 5) is 15.3. The second-order valence-electron chi connectivity index (χ2n) is 5.65. The molecule has 2 aromatic heterocycles. The molecule has 1 aromatic carbocycles. The zero-order chi connectivity index (χ0) is 14.2. The maximum atomic E-state index is 4.86. The van der Waals surface area contributed by atoms with Gasteiger partial charge in [0, 0.05) is 24.3 Å². The predicted molar refractivity (Wildman–Crippen MR) is 85.5 cm³/mol. The number of fused-ring (bicyclic) bond motifs is 1. The molecule has 3 heterocycles. The maximum absolute atomic E-state index is 4.86. The lowest BCUT2D eigenvalue weighted by atomic mass is 10.2. The fourth-order valence-corrected chi connectivity index (χ4v) is 3.01. The average molecular weight is 278 g/mol. The number of H-pyrrole nitrogens is 1. The van der Waals surface area contributed by atoms with Crippen LogP contribution in [0.4, 0.5) is 5.82 Å². The van der Waals surface area contributed by atoms with Crippen LogP contribution in [-0.2, 0) is 0 Å². The first-order valence-electron chi connectivity index (χ1n) is 7.49. The molecular weight excluding hydrogens is 260 g/mol. The number of aromatic amines is 1. The molecule has 21 heavy (non-hydrogen) atoms. The van der Waals surface area contributed by atoms with E-state index in [1.54, 1.807) is 0 Å². The van der Waals surface area contributed by atoms with Crippen molar-refractivity contribution in [2.75, 3.05) is 18.0 Å². The van der Waals surface area contributed by atoms with Gasteiger partial charge in [-0.15, -0.1) is 0 Å². The van der Waals surface area contributed by atoms with Crippen LogP contribution in [0, 0.1) is 6.92 Å². The van der Waals surface area contributed by atoms with Gasteiger partial charge in [-0.1, -0.05) is 30.3 Å². The predicted octanol–water partition coefficient (Wildman–Crippen LogP) is 3.53. The maximum Gasteiger partial charge on any atom is 0.163 e. The van der Waals surface area contributed by atoms with Crippen LogP contribution in [0.5, 0.6) is 0 Å². The zero-order valence-electron chi connectivity index (χ0n) is 12.1. The molecule has 0 atom stereocenters. The van der Waals surface area contributed by atoms with Crippen molar-refractivity contribution in [3.8, 4) is 11.4 Å². The van der Waals surface area contributed by atoms with E-state index < -0.39 is 0 Å². The van der Waals surface area contributed by atoms with Gasteiger partial charge in [-0.3, -0.25) is 0 Å². The second-order valence-corrected chi connectivity index (χ2v) is 5.65. The molecule has 1 saturated heterocycles. The van der Waals surface area contributed by atoms with Crippen LogP contribution in [0.2, 0.25) is 0 Å². The lowest BCUT2D eigenvalue weighted by molar-refractivity contribution is 0.941. The van der Waals surface area contributed by atoms with E-state index in [2.05, 4.69) is 35.0 Å². The van der Waals surface area contributed by atoms with Crippen LogP contribution in [0.3, 0.4) is 0 Å². The standard InChI is InChI=1S/C17H18N4/c1-12-11-14-16(18-12)19-15(13-7-3-2-4-8-13)20-17(14)21-9-5-6-10-21/h2-4,7-8,11H,5-6,9-10H2,1H3,(H,18,19,20). The average Bonchev–Trinajstić information content (AvgIpc) is 3.15. The van der Waals surface area contributed by atoms with Gasteiger partial charge >= 0.3 is 0 Å². The number of nitrogens with one attached hydrogen (secondary N) is 1. The fourth-order valence-electron chi connectivity index (χ4n) is 3.01. The SMILES string of the molecule is Cc1cc2c(N3CCCC3)nc(-c3ccccc3)nc2[nH]1. The van der Waals surface area contributed by atoms with Crippen molar-refractivity contribution in [3.63, 3.8) is 0 Å². The summed E-state index contributed by atoms with van der Waals surface area (Å²) in [6.07, 6.45) is 2.49. The Balaban J connectivity index is 1.93. The number of hydrogen-bond donors (Lipinski definition) is 1. The van der Waals surface area contributed by atoms with E-state index >= 15 is 0 Å². The smallest absolute Gasteiger partial charge is 0.163 e. The molecule has 0 unspecified atom stereocenters. The Morgan fingerprint density at radius 2 is 1.81 bits per heavy atom. The van der Waals surface area contributed by atoms with E-state index in [9.17, 15) is 0 Å². The molecule has 4 heteroatoms. The Morgan fingerprint density at radius 3 is 2.57 bits per heavy atom. The lowest BCUT2D eigenvalue weighted by Crippen LogP contribution is -2.19. The van der Waals surface area contributed by atoms with Crippen LogP contribution in [-0.4, -0.2) is 28.0 Å². The lowest BCUT2D eigenvalue weighted by Gasteiger charge is -2.18. The Hall–Kier alpha value is -2.36. The summed E-state index contributed by atoms with van der Waals surface area (Å²) in [5, 5.41) is 1.13. The highest BCUT2D eigenvalue weighted by atomic mass is 15.2. The van der Waals surface area contributed by atoms with Gasteiger partial charge in [0.25, 0.3) is 0 Å². The van der Waals surface area contributed by atoms with E-state index in [1.165, 1.54) is 12.8 Å². The summed E-state index contributed by atoms with van der Waals surface area (Å²) < 4.78 is 0. The molecule has 1 N–H and O–H groups in total. The van der Waals surface area contributed by atoms with Crippen LogP contribution < -0.4 is 4.90 Å². The van der Waals surface area contributed by atoms with Crippen molar-refractivity contribution in [1.29, 1.82) is 0 Å². The summed E-state index contributed by atoms with van der Waals surface area (Å²) in [6.45, 7) is 4.24. The second kappa shape index (κ2) is 4.88. The third-order valence-electron chi connectivity index (χ3n) is 4.04. The number of hydrogen-bond acceptors (Lipinski definition) is 3. The van der Waals surface area contributed by atoms with Crippen molar-refractivity contribution in [2.45, 2.75) is 19.8 Å². The van der Waals surface area contributed by atoms with Crippen molar-refractivity contribution >= 4 is 16.9 Å². The van der Waals surface area contributed by atoms with Gasteiger partial charge in [0.2, 0.25) is 0 Å². The highest BCUT2D eigenvalue weighted by Crippen LogP contribution is 2.30. The quantitative estimate of drug-likeness (QED) is 0.780. The number of aromatic nitrogens is 3. The van der Waals surface area contributed by atoms with E-state index in [0.29, 0.717) is 0 Å². The first-order valence-corrected chi connectivity index (χ1v) is 7.49. The number of rotatable bonds is 2. The first kappa shape index (κ1) is 12.4. The van der Waals surface area contributed by atoms with E-state index in [1.807, 2.05) is 18.2 Å². The van der Waals surface area contributed by atoms with Gasteiger partial charge in [0.15, 0.2) is 5.82 Å². The highest BCUT2D eigenvalue weighted by molar-refractivity contribution is 5.90. The Bertz CT molecular complexity index is 770. The Kier molecular flexibility index (Phi) is 2.88. The van der Waals surface area contributed by atoms with Gasteiger partial charge in [0.1, 0.15) is 11.5 Å². The van der Waals surface area contributed by atoms with Gasteiger partial charge in [-0.05, 0) is 25.8 Å².